The summed E-state index contributed by atoms with van der Waals surface area (Å²) in [6.07, 6.45) is 0.521. The number of aryl methyl sites for hydroxylation is 1. The van der Waals surface area contributed by atoms with Gasteiger partial charge in [-0.2, -0.15) is 0 Å². The van der Waals surface area contributed by atoms with Crippen LogP contribution in [0, 0.1) is 6.92 Å². The highest BCUT2D eigenvalue weighted by molar-refractivity contribution is 5.91. The van der Waals surface area contributed by atoms with Crippen molar-refractivity contribution in [3.63, 3.8) is 0 Å². The van der Waals surface area contributed by atoms with E-state index >= 15 is 0 Å². The number of ketones is 1. The van der Waals surface area contributed by atoms with E-state index in [1.165, 1.54) is 5.56 Å². The molecule has 2 aromatic rings. The van der Waals surface area contributed by atoms with Crippen LogP contribution in [0.1, 0.15) is 22.6 Å². The first kappa shape index (κ1) is 12.0. The number of Topliss-reactive ketones (excluding diaryl/α,β-unsaturated/α-hetero) is 1. The second-order valence-corrected chi connectivity index (χ2v) is 5.09. The molecule has 0 aliphatic carbocycles. The minimum atomic E-state index is -0.00388. The van der Waals surface area contributed by atoms with Crippen LogP contribution < -0.4 is 5.32 Å². The van der Waals surface area contributed by atoms with Crippen LogP contribution in [0.3, 0.4) is 0 Å². The van der Waals surface area contributed by atoms with Gasteiger partial charge in [-0.15, -0.1) is 0 Å². The number of anilines is 1. The molecular weight excluding hydrogens is 234 g/mol. The molecule has 1 atom stereocenters. The summed E-state index contributed by atoms with van der Waals surface area (Å²) in [5.74, 6) is 0.294. The van der Waals surface area contributed by atoms with Crippen LogP contribution in [0.2, 0.25) is 0 Å². The normalized spacial score (nSPS) is 16.8. The lowest BCUT2D eigenvalue weighted by Crippen LogP contribution is -2.17. The van der Waals surface area contributed by atoms with E-state index in [9.17, 15) is 4.79 Å². The molecule has 0 saturated carbocycles. The minimum absolute atomic E-state index is 0.00388. The fourth-order valence-corrected chi connectivity index (χ4v) is 2.69. The van der Waals surface area contributed by atoms with Gasteiger partial charge in [-0.25, -0.2) is 0 Å². The van der Waals surface area contributed by atoms with E-state index in [0.29, 0.717) is 12.2 Å². The summed E-state index contributed by atoms with van der Waals surface area (Å²) in [6, 6.07) is 16.2. The molecular formula is C17H17NO. The molecule has 1 unspecified atom stereocenters. The molecule has 3 rings (SSSR count). The molecule has 0 amide bonds. The Hall–Kier alpha value is -2.09. The SMILES string of the molecule is Cc1ccccc1CC(=O)C1CNc2ccccc21. The summed E-state index contributed by atoms with van der Waals surface area (Å²) < 4.78 is 0. The van der Waals surface area contributed by atoms with Crippen molar-refractivity contribution >= 4 is 11.5 Å². The van der Waals surface area contributed by atoms with Gasteiger partial charge < -0.3 is 5.32 Å². The topological polar surface area (TPSA) is 29.1 Å². The molecule has 2 aromatic carbocycles. The summed E-state index contributed by atoms with van der Waals surface area (Å²) in [7, 11) is 0. The van der Waals surface area contributed by atoms with Crippen molar-refractivity contribution in [2.24, 2.45) is 0 Å². The highest BCUT2D eigenvalue weighted by Gasteiger charge is 2.27. The molecule has 1 aliphatic heterocycles. The maximum absolute atomic E-state index is 12.5. The Morgan fingerprint density at radius 3 is 2.74 bits per heavy atom. The smallest absolute Gasteiger partial charge is 0.146 e. The number of rotatable bonds is 3. The maximum atomic E-state index is 12.5. The van der Waals surface area contributed by atoms with Crippen molar-refractivity contribution in [3.05, 3.63) is 65.2 Å². The third kappa shape index (κ3) is 2.26. The molecule has 19 heavy (non-hydrogen) atoms. The van der Waals surface area contributed by atoms with E-state index in [4.69, 9.17) is 0 Å². The molecule has 0 fully saturated rings. The lowest BCUT2D eigenvalue weighted by atomic mass is 9.91. The van der Waals surface area contributed by atoms with E-state index in [1.807, 2.05) is 36.4 Å². The van der Waals surface area contributed by atoms with E-state index in [1.54, 1.807) is 0 Å². The number of nitrogens with one attached hydrogen (secondary N) is 1. The van der Waals surface area contributed by atoms with Crippen molar-refractivity contribution in [2.75, 3.05) is 11.9 Å². The van der Waals surface area contributed by atoms with Gasteiger partial charge in [-0.05, 0) is 29.7 Å². The Bertz CT molecular complexity index is 618. The molecule has 0 spiro atoms. The summed E-state index contributed by atoms with van der Waals surface area (Å²) in [4.78, 5) is 12.5. The highest BCUT2D eigenvalue weighted by atomic mass is 16.1. The van der Waals surface area contributed by atoms with Crippen LogP contribution >= 0.6 is 0 Å². The predicted octanol–water partition coefficient (Wildman–Crippen LogP) is 3.32. The largest absolute Gasteiger partial charge is 0.384 e. The third-order valence-electron chi connectivity index (χ3n) is 3.85. The molecule has 1 heterocycles. The van der Waals surface area contributed by atoms with E-state index in [2.05, 4.69) is 24.4 Å². The van der Waals surface area contributed by atoms with Gasteiger partial charge in [0.1, 0.15) is 5.78 Å². The Labute approximate surface area is 113 Å². The molecule has 0 aromatic heterocycles. The van der Waals surface area contributed by atoms with Gasteiger partial charge >= 0.3 is 0 Å². The Balaban J connectivity index is 1.81. The number of para-hydroxylation sites is 1. The van der Waals surface area contributed by atoms with E-state index < -0.39 is 0 Å². The lowest BCUT2D eigenvalue weighted by Gasteiger charge is -2.10. The summed E-state index contributed by atoms with van der Waals surface area (Å²) in [5, 5.41) is 3.31. The summed E-state index contributed by atoms with van der Waals surface area (Å²) in [6.45, 7) is 2.79. The van der Waals surface area contributed by atoms with Gasteiger partial charge in [-0.1, -0.05) is 42.5 Å². The van der Waals surface area contributed by atoms with Crippen LogP contribution in [0.5, 0.6) is 0 Å². The van der Waals surface area contributed by atoms with Gasteiger partial charge in [0.25, 0.3) is 0 Å². The molecule has 1 aliphatic rings. The van der Waals surface area contributed by atoms with Crippen molar-refractivity contribution in [3.8, 4) is 0 Å². The van der Waals surface area contributed by atoms with Crippen molar-refractivity contribution in [2.45, 2.75) is 19.3 Å². The first-order valence-electron chi connectivity index (χ1n) is 6.66. The Morgan fingerprint density at radius 2 is 1.89 bits per heavy atom. The average Bonchev–Trinajstić information content (AvgIpc) is 2.85. The monoisotopic (exact) mass is 251 g/mol. The number of benzene rings is 2. The van der Waals surface area contributed by atoms with Gasteiger partial charge in [0.15, 0.2) is 0 Å². The first-order valence-corrected chi connectivity index (χ1v) is 6.66. The van der Waals surface area contributed by atoms with E-state index in [-0.39, 0.29) is 5.92 Å². The highest BCUT2D eigenvalue weighted by Crippen LogP contribution is 2.32. The molecule has 96 valence electrons. The zero-order chi connectivity index (χ0) is 13.2. The average molecular weight is 251 g/mol. The second-order valence-electron chi connectivity index (χ2n) is 5.09. The number of fused-ring (bicyclic) bond motifs is 1. The molecule has 1 N–H and O–H groups in total. The van der Waals surface area contributed by atoms with Crippen molar-refractivity contribution < 1.29 is 4.79 Å². The van der Waals surface area contributed by atoms with Crippen molar-refractivity contribution in [1.29, 1.82) is 0 Å². The Morgan fingerprint density at radius 1 is 1.16 bits per heavy atom. The quantitative estimate of drug-likeness (QED) is 0.906. The van der Waals surface area contributed by atoms with Crippen LogP contribution in [-0.2, 0) is 11.2 Å². The van der Waals surface area contributed by atoms with Crippen molar-refractivity contribution in [1.82, 2.24) is 0 Å². The number of hydrogen-bond donors (Lipinski definition) is 1. The summed E-state index contributed by atoms with van der Waals surface area (Å²) >= 11 is 0. The van der Waals surface area contributed by atoms with Gasteiger partial charge in [-0.3, -0.25) is 4.79 Å². The maximum Gasteiger partial charge on any atom is 0.146 e. The summed E-state index contributed by atoms with van der Waals surface area (Å²) in [5.41, 5.74) is 4.57. The third-order valence-corrected chi connectivity index (χ3v) is 3.85. The van der Waals surface area contributed by atoms with Crippen LogP contribution in [0.15, 0.2) is 48.5 Å². The fourth-order valence-electron chi connectivity index (χ4n) is 2.69. The fraction of sp³-hybridized carbons (Fsp3) is 0.235. The van der Waals surface area contributed by atoms with E-state index in [0.717, 1.165) is 23.4 Å². The van der Waals surface area contributed by atoms with Crippen LogP contribution in [0.25, 0.3) is 0 Å². The van der Waals surface area contributed by atoms with Gasteiger partial charge in [0, 0.05) is 18.7 Å². The number of carbonyl (C=O) groups is 1. The zero-order valence-electron chi connectivity index (χ0n) is 11.0. The lowest BCUT2D eigenvalue weighted by molar-refractivity contribution is -0.119. The molecule has 0 radical (unpaired) electrons. The molecule has 0 bridgehead atoms. The molecule has 0 saturated heterocycles. The second kappa shape index (κ2) is 4.88. The van der Waals surface area contributed by atoms with Crippen LogP contribution in [0.4, 0.5) is 5.69 Å². The number of hydrogen-bond acceptors (Lipinski definition) is 2. The standard InChI is InChI=1S/C17H17NO/c1-12-6-2-3-7-13(12)10-17(19)15-11-18-16-9-5-4-8-14(15)16/h2-9,15,18H,10-11H2,1H3. The molecule has 2 heteroatoms. The van der Waals surface area contributed by atoms with Gasteiger partial charge in [0.05, 0.1) is 5.92 Å². The number of carbonyl (C=O) groups excluding carboxylic acids is 1. The van der Waals surface area contributed by atoms with Gasteiger partial charge in [0.2, 0.25) is 0 Å². The minimum Gasteiger partial charge on any atom is -0.384 e. The zero-order valence-corrected chi connectivity index (χ0v) is 11.0. The Kier molecular flexibility index (Phi) is 3.08. The first-order chi connectivity index (χ1) is 9.25. The van der Waals surface area contributed by atoms with Crippen LogP contribution in [-0.4, -0.2) is 12.3 Å². The predicted molar refractivity (Wildman–Crippen MR) is 77.6 cm³/mol. The molecule has 2 nitrogen and oxygen atoms in total.